The minimum absolute atomic E-state index is 0.287. The smallest absolute Gasteiger partial charge is 0.226 e. The standard InChI is InChI=1S/C13H18N4/c1-10-9-11(2)16-13(15-10)17-8-4-3-5-12(17)6-7-14/h9,12H,3-6,8H2,1-2H3. The van der Waals surface area contributed by atoms with E-state index in [-0.39, 0.29) is 6.04 Å². The minimum Gasteiger partial charge on any atom is -0.337 e. The van der Waals surface area contributed by atoms with E-state index in [9.17, 15) is 0 Å². The van der Waals surface area contributed by atoms with Crippen LogP contribution in [0.3, 0.4) is 0 Å². The first-order valence-electron chi connectivity index (χ1n) is 6.16. The number of aryl methyl sites for hydroxylation is 2. The summed E-state index contributed by atoms with van der Waals surface area (Å²) in [4.78, 5) is 11.2. The van der Waals surface area contributed by atoms with Crippen molar-refractivity contribution in [1.82, 2.24) is 9.97 Å². The highest BCUT2D eigenvalue weighted by molar-refractivity contribution is 5.34. The monoisotopic (exact) mass is 230 g/mol. The van der Waals surface area contributed by atoms with Gasteiger partial charge >= 0.3 is 0 Å². The summed E-state index contributed by atoms with van der Waals surface area (Å²) in [5, 5.41) is 8.87. The molecule has 1 aromatic heterocycles. The number of hydrogen-bond acceptors (Lipinski definition) is 4. The van der Waals surface area contributed by atoms with Crippen LogP contribution in [0.15, 0.2) is 6.07 Å². The summed E-state index contributed by atoms with van der Waals surface area (Å²) in [5.41, 5.74) is 1.99. The van der Waals surface area contributed by atoms with Crippen LogP contribution in [0.2, 0.25) is 0 Å². The van der Waals surface area contributed by atoms with Gasteiger partial charge in [-0.3, -0.25) is 0 Å². The molecule has 4 heteroatoms. The molecule has 1 aliphatic rings. The molecule has 2 rings (SSSR count). The maximum absolute atomic E-state index is 8.87. The van der Waals surface area contributed by atoms with E-state index in [0.29, 0.717) is 6.42 Å². The van der Waals surface area contributed by atoms with Crippen LogP contribution in [0.5, 0.6) is 0 Å². The Hall–Kier alpha value is -1.63. The highest BCUT2D eigenvalue weighted by atomic mass is 15.3. The Morgan fingerprint density at radius 1 is 1.35 bits per heavy atom. The van der Waals surface area contributed by atoms with Crippen LogP contribution in [0.25, 0.3) is 0 Å². The van der Waals surface area contributed by atoms with Crippen molar-refractivity contribution in [2.45, 2.75) is 45.6 Å². The van der Waals surface area contributed by atoms with E-state index in [0.717, 1.165) is 36.7 Å². The fourth-order valence-corrected chi connectivity index (χ4v) is 2.42. The normalized spacial score (nSPS) is 20.1. The van der Waals surface area contributed by atoms with E-state index in [1.54, 1.807) is 0 Å². The third-order valence-electron chi connectivity index (χ3n) is 3.18. The Kier molecular flexibility index (Phi) is 3.58. The predicted molar refractivity (Wildman–Crippen MR) is 66.7 cm³/mol. The van der Waals surface area contributed by atoms with Gasteiger partial charge in [0.05, 0.1) is 12.5 Å². The van der Waals surface area contributed by atoms with E-state index in [4.69, 9.17) is 5.26 Å². The number of aromatic nitrogens is 2. The lowest BCUT2D eigenvalue weighted by Gasteiger charge is -2.34. The summed E-state index contributed by atoms with van der Waals surface area (Å²) in [6, 6.07) is 4.54. The highest BCUT2D eigenvalue weighted by Gasteiger charge is 2.24. The first-order chi connectivity index (χ1) is 8.20. The number of rotatable bonds is 2. The third kappa shape index (κ3) is 2.73. The lowest BCUT2D eigenvalue weighted by Crippen LogP contribution is -2.40. The molecule has 4 nitrogen and oxygen atoms in total. The molecule has 2 heterocycles. The van der Waals surface area contributed by atoms with Gasteiger partial charge in [-0.05, 0) is 39.2 Å². The molecule has 1 aliphatic heterocycles. The van der Waals surface area contributed by atoms with Crippen LogP contribution >= 0.6 is 0 Å². The van der Waals surface area contributed by atoms with Gasteiger partial charge < -0.3 is 4.90 Å². The Morgan fingerprint density at radius 2 is 2.06 bits per heavy atom. The molecule has 1 atom stereocenters. The van der Waals surface area contributed by atoms with E-state index in [1.807, 2.05) is 19.9 Å². The van der Waals surface area contributed by atoms with Gasteiger partial charge in [-0.1, -0.05) is 0 Å². The molecule has 90 valence electrons. The van der Waals surface area contributed by atoms with Gasteiger partial charge in [-0.2, -0.15) is 5.26 Å². The third-order valence-corrected chi connectivity index (χ3v) is 3.18. The van der Waals surface area contributed by atoms with Crippen molar-refractivity contribution < 1.29 is 0 Å². The lowest BCUT2D eigenvalue weighted by molar-refractivity contribution is 0.457. The molecular weight excluding hydrogens is 212 g/mol. The van der Waals surface area contributed by atoms with Crippen LogP contribution in [0.1, 0.15) is 37.1 Å². The first kappa shape index (κ1) is 11.8. The highest BCUT2D eigenvalue weighted by Crippen LogP contribution is 2.23. The van der Waals surface area contributed by atoms with Crippen molar-refractivity contribution in [2.24, 2.45) is 0 Å². The quantitative estimate of drug-likeness (QED) is 0.782. The van der Waals surface area contributed by atoms with Crippen LogP contribution < -0.4 is 4.90 Å². The zero-order valence-corrected chi connectivity index (χ0v) is 10.5. The molecular formula is C13H18N4. The van der Waals surface area contributed by atoms with Gasteiger partial charge in [-0.15, -0.1) is 0 Å². The van der Waals surface area contributed by atoms with Crippen LogP contribution in [0.4, 0.5) is 5.95 Å². The van der Waals surface area contributed by atoms with Crippen molar-refractivity contribution in [3.63, 3.8) is 0 Å². The summed E-state index contributed by atoms with van der Waals surface area (Å²) in [6.45, 7) is 4.94. The van der Waals surface area contributed by atoms with Crippen molar-refractivity contribution in [1.29, 1.82) is 5.26 Å². The van der Waals surface area contributed by atoms with E-state index in [2.05, 4.69) is 20.9 Å². The zero-order valence-electron chi connectivity index (χ0n) is 10.5. The summed E-state index contributed by atoms with van der Waals surface area (Å²) in [5.74, 6) is 0.794. The Morgan fingerprint density at radius 3 is 2.71 bits per heavy atom. The van der Waals surface area contributed by atoms with Gasteiger partial charge in [0.25, 0.3) is 0 Å². The molecule has 1 fully saturated rings. The van der Waals surface area contributed by atoms with Crippen molar-refractivity contribution in [3.8, 4) is 6.07 Å². The van der Waals surface area contributed by atoms with Gasteiger partial charge in [0.15, 0.2) is 0 Å². The molecule has 0 amide bonds. The Bertz CT molecular complexity index is 415. The van der Waals surface area contributed by atoms with E-state index < -0.39 is 0 Å². The maximum atomic E-state index is 8.87. The van der Waals surface area contributed by atoms with Crippen LogP contribution in [-0.4, -0.2) is 22.6 Å². The summed E-state index contributed by atoms with van der Waals surface area (Å²) >= 11 is 0. The molecule has 0 aliphatic carbocycles. The van der Waals surface area contributed by atoms with E-state index in [1.165, 1.54) is 6.42 Å². The van der Waals surface area contributed by atoms with Gasteiger partial charge in [0.1, 0.15) is 0 Å². The average molecular weight is 230 g/mol. The molecule has 0 N–H and O–H groups in total. The van der Waals surface area contributed by atoms with Gasteiger partial charge in [-0.25, -0.2) is 9.97 Å². The average Bonchev–Trinajstić information content (AvgIpc) is 2.29. The number of piperidine rings is 1. The topological polar surface area (TPSA) is 52.8 Å². The molecule has 0 aromatic carbocycles. The second kappa shape index (κ2) is 5.13. The molecule has 1 unspecified atom stereocenters. The molecule has 0 radical (unpaired) electrons. The molecule has 1 aromatic rings. The predicted octanol–water partition coefficient (Wildman–Crippen LogP) is 2.37. The minimum atomic E-state index is 0.287. The Labute approximate surface area is 102 Å². The first-order valence-corrected chi connectivity index (χ1v) is 6.16. The zero-order chi connectivity index (χ0) is 12.3. The molecule has 0 saturated carbocycles. The van der Waals surface area contributed by atoms with Crippen molar-refractivity contribution >= 4 is 5.95 Å². The van der Waals surface area contributed by atoms with Gasteiger partial charge in [0, 0.05) is 24.0 Å². The summed E-state index contributed by atoms with van der Waals surface area (Å²) in [6.07, 6.45) is 4.01. The second-order valence-corrected chi connectivity index (χ2v) is 4.66. The maximum Gasteiger partial charge on any atom is 0.226 e. The summed E-state index contributed by atoms with van der Waals surface area (Å²) < 4.78 is 0. The molecule has 1 saturated heterocycles. The number of anilines is 1. The number of hydrogen-bond donors (Lipinski definition) is 0. The fraction of sp³-hybridized carbons (Fsp3) is 0.615. The lowest BCUT2D eigenvalue weighted by atomic mass is 10.0. The SMILES string of the molecule is Cc1cc(C)nc(N2CCCCC2CC#N)n1. The molecule has 17 heavy (non-hydrogen) atoms. The largest absolute Gasteiger partial charge is 0.337 e. The Balaban J connectivity index is 2.26. The number of nitriles is 1. The fourth-order valence-electron chi connectivity index (χ4n) is 2.42. The van der Waals surface area contributed by atoms with Crippen molar-refractivity contribution in [2.75, 3.05) is 11.4 Å². The van der Waals surface area contributed by atoms with Crippen LogP contribution in [0, 0.1) is 25.2 Å². The number of nitrogens with zero attached hydrogens (tertiary/aromatic N) is 4. The van der Waals surface area contributed by atoms with E-state index >= 15 is 0 Å². The van der Waals surface area contributed by atoms with Gasteiger partial charge in [0.2, 0.25) is 5.95 Å². The van der Waals surface area contributed by atoms with Crippen LogP contribution in [-0.2, 0) is 0 Å². The van der Waals surface area contributed by atoms with Crippen molar-refractivity contribution in [3.05, 3.63) is 17.5 Å². The molecule has 0 bridgehead atoms. The second-order valence-electron chi connectivity index (χ2n) is 4.66. The summed E-state index contributed by atoms with van der Waals surface area (Å²) in [7, 11) is 0. The molecule has 0 spiro atoms.